The van der Waals surface area contributed by atoms with Crippen LogP contribution in [0.15, 0.2) is 88.1 Å². The predicted octanol–water partition coefficient (Wildman–Crippen LogP) is 4.89. The molecule has 0 radical (unpaired) electrons. The molecule has 0 aliphatic rings. The molecule has 0 amide bonds. The van der Waals surface area contributed by atoms with Gasteiger partial charge in [-0.25, -0.2) is 9.59 Å². The molecule has 4 aromatic rings. The number of carbonyl (C=O) groups is 1. The number of esters is 1. The molecule has 3 aromatic carbocycles. The summed E-state index contributed by atoms with van der Waals surface area (Å²) in [5.41, 5.74) is 3.27. The molecule has 150 valence electrons. The minimum absolute atomic E-state index is 0.190. The summed E-state index contributed by atoms with van der Waals surface area (Å²) in [6, 6.07) is 24.2. The van der Waals surface area contributed by atoms with E-state index in [-0.39, 0.29) is 13.2 Å². The standard InChI is InChI=1S/C25H20O5/c1-17-22(28-16-24(27)29-15-18-8-4-2-5-9-18)13-12-20-21(14-23(26)30-25(17)20)19-10-6-3-7-11-19/h2-14H,15-16H2,1H3. The zero-order valence-electron chi connectivity index (χ0n) is 16.5. The number of ether oxygens (including phenoxy) is 2. The van der Waals surface area contributed by atoms with E-state index in [4.69, 9.17) is 13.9 Å². The molecular formula is C25H20O5. The summed E-state index contributed by atoms with van der Waals surface area (Å²) in [6.45, 7) is 1.75. The van der Waals surface area contributed by atoms with Crippen molar-refractivity contribution in [3.63, 3.8) is 0 Å². The highest BCUT2D eigenvalue weighted by Crippen LogP contribution is 2.33. The van der Waals surface area contributed by atoms with Crippen molar-refractivity contribution >= 4 is 16.9 Å². The van der Waals surface area contributed by atoms with Crippen molar-refractivity contribution in [3.8, 4) is 16.9 Å². The van der Waals surface area contributed by atoms with Crippen LogP contribution in [-0.4, -0.2) is 12.6 Å². The first-order valence-electron chi connectivity index (χ1n) is 9.57. The molecule has 1 heterocycles. The second-order valence-corrected chi connectivity index (χ2v) is 6.85. The second kappa shape index (κ2) is 8.66. The second-order valence-electron chi connectivity index (χ2n) is 6.85. The third kappa shape index (κ3) is 4.25. The number of benzene rings is 3. The number of hydrogen-bond acceptors (Lipinski definition) is 5. The highest BCUT2D eigenvalue weighted by Gasteiger charge is 2.14. The van der Waals surface area contributed by atoms with Gasteiger partial charge in [0.05, 0.1) is 0 Å². The third-order valence-electron chi connectivity index (χ3n) is 4.78. The van der Waals surface area contributed by atoms with E-state index >= 15 is 0 Å². The van der Waals surface area contributed by atoms with E-state index in [1.54, 1.807) is 13.0 Å². The summed E-state index contributed by atoms with van der Waals surface area (Å²) in [6.07, 6.45) is 0. The molecule has 1 aromatic heterocycles. The summed E-state index contributed by atoms with van der Waals surface area (Å²) in [7, 11) is 0. The largest absolute Gasteiger partial charge is 0.481 e. The van der Waals surface area contributed by atoms with Crippen LogP contribution in [0.1, 0.15) is 11.1 Å². The minimum Gasteiger partial charge on any atom is -0.481 e. The lowest BCUT2D eigenvalue weighted by Gasteiger charge is -2.12. The molecule has 0 bridgehead atoms. The lowest BCUT2D eigenvalue weighted by molar-refractivity contribution is -0.147. The molecule has 5 nitrogen and oxygen atoms in total. The molecule has 0 aliphatic carbocycles. The Morgan fingerprint density at radius 3 is 2.37 bits per heavy atom. The first kappa shape index (κ1) is 19.5. The molecule has 4 rings (SSSR count). The number of aryl methyl sites for hydroxylation is 1. The van der Waals surface area contributed by atoms with Crippen LogP contribution in [0.25, 0.3) is 22.1 Å². The van der Waals surface area contributed by atoms with Gasteiger partial charge in [-0.05, 0) is 35.7 Å². The van der Waals surface area contributed by atoms with Crippen LogP contribution >= 0.6 is 0 Å². The summed E-state index contributed by atoms with van der Waals surface area (Å²) in [5.74, 6) is -0.00892. The Bertz CT molecular complexity index is 1230. The van der Waals surface area contributed by atoms with Crippen molar-refractivity contribution in [2.24, 2.45) is 0 Å². The van der Waals surface area contributed by atoms with Gasteiger partial charge >= 0.3 is 11.6 Å². The molecule has 0 spiro atoms. The average Bonchev–Trinajstić information content (AvgIpc) is 2.78. The first-order chi connectivity index (χ1) is 14.6. The zero-order valence-corrected chi connectivity index (χ0v) is 16.5. The smallest absolute Gasteiger partial charge is 0.344 e. The van der Waals surface area contributed by atoms with E-state index in [0.717, 1.165) is 22.1 Å². The van der Waals surface area contributed by atoms with Gasteiger partial charge in [-0.2, -0.15) is 0 Å². The fourth-order valence-electron chi connectivity index (χ4n) is 3.27. The van der Waals surface area contributed by atoms with Gasteiger partial charge in [-0.3, -0.25) is 0 Å². The normalized spacial score (nSPS) is 10.7. The van der Waals surface area contributed by atoms with Crippen LogP contribution in [0, 0.1) is 6.92 Å². The lowest BCUT2D eigenvalue weighted by Crippen LogP contribution is -2.15. The van der Waals surface area contributed by atoms with E-state index in [2.05, 4.69) is 0 Å². The maximum atomic E-state index is 12.1. The zero-order chi connectivity index (χ0) is 20.9. The molecule has 0 unspecified atom stereocenters. The molecule has 0 saturated heterocycles. The van der Waals surface area contributed by atoms with Crippen LogP contribution in [-0.2, 0) is 16.1 Å². The Morgan fingerprint density at radius 2 is 1.63 bits per heavy atom. The monoisotopic (exact) mass is 400 g/mol. The fraction of sp³-hybridized carbons (Fsp3) is 0.120. The Kier molecular flexibility index (Phi) is 5.61. The van der Waals surface area contributed by atoms with Crippen LogP contribution in [0.4, 0.5) is 0 Å². The number of carbonyl (C=O) groups excluding carboxylic acids is 1. The SMILES string of the molecule is Cc1c(OCC(=O)OCc2ccccc2)ccc2c(-c3ccccc3)cc(=O)oc12. The van der Waals surface area contributed by atoms with Crippen LogP contribution in [0.2, 0.25) is 0 Å². The van der Waals surface area contributed by atoms with Crippen molar-refractivity contribution in [3.05, 3.63) is 100 Å². The lowest BCUT2D eigenvalue weighted by atomic mass is 10.0. The highest BCUT2D eigenvalue weighted by atomic mass is 16.6. The highest BCUT2D eigenvalue weighted by molar-refractivity contribution is 5.95. The quantitative estimate of drug-likeness (QED) is 0.341. The average molecular weight is 400 g/mol. The molecule has 5 heteroatoms. The van der Waals surface area contributed by atoms with Gasteiger partial charge in [-0.15, -0.1) is 0 Å². The van der Waals surface area contributed by atoms with Crippen LogP contribution in [0.3, 0.4) is 0 Å². The maximum Gasteiger partial charge on any atom is 0.344 e. The van der Waals surface area contributed by atoms with Crippen LogP contribution in [0.5, 0.6) is 5.75 Å². The Hall–Kier alpha value is -3.86. The molecule has 30 heavy (non-hydrogen) atoms. The summed E-state index contributed by atoms with van der Waals surface area (Å²) in [5, 5.41) is 0.803. The molecule has 0 saturated carbocycles. The van der Waals surface area contributed by atoms with Gasteiger partial charge in [0.2, 0.25) is 0 Å². The van der Waals surface area contributed by atoms with E-state index in [1.807, 2.05) is 66.7 Å². The van der Waals surface area contributed by atoms with Gasteiger partial charge in [0.25, 0.3) is 0 Å². The van der Waals surface area contributed by atoms with E-state index < -0.39 is 11.6 Å². The Balaban J connectivity index is 1.54. The van der Waals surface area contributed by atoms with Gasteiger partial charge in [0.15, 0.2) is 6.61 Å². The van der Waals surface area contributed by atoms with Gasteiger partial charge < -0.3 is 13.9 Å². The van der Waals surface area contributed by atoms with Crippen LogP contribution < -0.4 is 10.4 Å². The molecule has 0 aliphatic heterocycles. The number of fused-ring (bicyclic) bond motifs is 1. The fourth-order valence-corrected chi connectivity index (χ4v) is 3.27. The van der Waals surface area contributed by atoms with E-state index in [0.29, 0.717) is 16.9 Å². The van der Waals surface area contributed by atoms with Gasteiger partial charge in [0.1, 0.15) is 17.9 Å². The topological polar surface area (TPSA) is 65.7 Å². The van der Waals surface area contributed by atoms with Crippen molar-refractivity contribution in [1.82, 2.24) is 0 Å². The molecule has 0 N–H and O–H groups in total. The maximum absolute atomic E-state index is 12.1. The van der Waals surface area contributed by atoms with Crippen molar-refractivity contribution < 1.29 is 18.7 Å². The molecular weight excluding hydrogens is 380 g/mol. The minimum atomic E-state index is -0.474. The summed E-state index contributed by atoms with van der Waals surface area (Å²) >= 11 is 0. The summed E-state index contributed by atoms with van der Waals surface area (Å²) < 4.78 is 16.3. The van der Waals surface area contributed by atoms with Crippen molar-refractivity contribution in [1.29, 1.82) is 0 Å². The van der Waals surface area contributed by atoms with Crippen molar-refractivity contribution in [2.75, 3.05) is 6.61 Å². The van der Waals surface area contributed by atoms with Gasteiger partial charge in [0, 0.05) is 17.0 Å². The number of hydrogen-bond donors (Lipinski definition) is 0. The first-order valence-corrected chi connectivity index (χ1v) is 9.57. The molecule has 0 fully saturated rings. The number of rotatable bonds is 6. The molecule has 0 atom stereocenters. The third-order valence-corrected chi connectivity index (χ3v) is 4.78. The predicted molar refractivity (Wildman–Crippen MR) is 114 cm³/mol. The Labute approximate surface area is 173 Å². The Morgan fingerprint density at radius 1 is 0.933 bits per heavy atom. The van der Waals surface area contributed by atoms with Gasteiger partial charge in [-0.1, -0.05) is 60.7 Å². The van der Waals surface area contributed by atoms with Crippen molar-refractivity contribution in [2.45, 2.75) is 13.5 Å². The summed E-state index contributed by atoms with van der Waals surface area (Å²) in [4.78, 5) is 24.2. The van der Waals surface area contributed by atoms with E-state index in [9.17, 15) is 9.59 Å². The van der Waals surface area contributed by atoms with E-state index in [1.165, 1.54) is 6.07 Å².